The predicted molar refractivity (Wildman–Crippen MR) is 80.1 cm³/mol. The van der Waals surface area contributed by atoms with Crippen molar-refractivity contribution in [1.82, 2.24) is 9.55 Å². The molecule has 0 aliphatic heterocycles. The van der Waals surface area contributed by atoms with Crippen LogP contribution in [-0.4, -0.2) is 9.55 Å². The summed E-state index contributed by atoms with van der Waals surface area (Å²) >= 11 is 5.39. The smallest absolute Gasteiger partial charge is 0.262 e. The Morgan fingerprint density at radius 1 is 1.32 bits per heavy atom. The Balaban J connectivity index is 2.18. The molecule has 0 radical (unpaired) electrons. The van der Waals surface area contributed by atoms with Crippen molar-refractivity contribution in [2.75, 3.05) is 0 Å². The van der Waals surface area contributed by atoms with Gasteiger partial charge in [-0.3, -0.25) is 9.36 Å². The second-order valence-electron chi connectivity index (χ2n) is 5.58. The average Bonchev–Trinajstić information content (AvgIpc) is 2.39. The van der Waals surface area contributed by atoms with Crippen LogP contribution in [0.5, 0.6) is 0 Å². The summed E-state index contributed by atoms with van der Waals surface area (Å²) in [6.07, 6.45) is 4.55. The average molecular weight is 274 g/mol. The highest BCUT2D eigenvalue weighted by Gasteiger charge is 2.22. The summed E-state index contributed by atoms with van der Waals surface area (Å²) < 4.78 is 2.36. The van der Waals surface area contributed by atoms with Crippen molar-refractivity contribution in [3.63, 3.8) is 0 Å². The molecule has 19 heavy (non-hydrogen) atoms. The van der Waals surface area contributed by atoms with E-state index in [-0.39, 0.29) is 11.6 Å². The molecule has 1 aromatic carbocycles. The maximum absolute atomic E-state index is 12.6. The van der Waals surface area contributed by atoms with E-state index in [0.717, 1.165) is 23.7 Å². The molecule has 1 aromatic heterocycles. The van der Waals surface area contributed by atoms with E-state index in [9.17, 15) is 4.79 Å². The van der Waals surface area contributed by atoms with E-state index in [1.807, 2.05) is 24.3 Å². The van der Waals surface area contributed by atoms with Gasteiger partial charge < -0.3 is 4.98 Å². The zero-order valence-electron chi connectivity index (χ0n) is 11.1. The number of rotatable bonds is 1. The summed E-state index contributed by atoms with van der Waals surface area (Å²) in [4.78, 5) is 15.8. The van der Waals surface area contributed by atoms with Crippen LogP contribution in [-0.2, 0) is 0 Å². The first-order chi connectivity index (χ1) is 9.16. The van der Waals surface area contributed by atoms with Crippen molar-refractivity contribution < 1.29 is 0 Å². The molecule has 1 heterocycles. The topological polar surface area (TPSA) is 37.8 Å². The lowest BCUT2D eigenvalue weighted by Crippen LogP contribution is -2.29. The highest BCUT2D eigenvalue weighted by molar-refractivity contribution is 7.71. The molecule has 0 saturated heterocycles. The molecule has 2 atom stereocenters. The van der Waals surface area contributed by atoms with Gasteiger partial charge in [-0.2, -0.15) is 0 Å². The van der Waals surface area contributed by atoms with E-state index >= 15 is 0 Å². The highest BCUT2D eigenvalue weighted by atomic mass is 32.1. The Morgan fingerprint density at radius 3 is 2.89 bits per heavy atom. The third-order valence-electron chi connectivity index (χ3n) is 4.11. The third kappa shape index (κ3) is 2.25. The minimum absolute atomic E-state index is 0.0541. The summed E-state index contributed by atoms with van der Waals surface area (Å²) in [5, 5.41) is 0.731. The van der Waals surface area contributed by atoms with Crippen LogP contribution in [0.1, 0.15) is 38.6 Å². The molecule has 0 amide bonds. The fourth-order valence-electron chi connectivity index (χ4n) is 3.14. The molecule has 3 nitrogen and oxygen atoms in total. The number of nitrogens with one attached hydrogen (secondary N) is 1. The number of aromatic amines is 1. The lowest BCUT2D eigenvalue weighted by Gasteiger charge is -2.28. The molecular weight excluding hydrogens is 256 g/mol. The molecule has 1 aliphatic rings. The molecule has 0 bridgehead atoms. The molecular formula is C15H18N2OS. The van der Waals surface area contributed by atoms with Crippen LogP contribution < -0.4 is 5.56 Å². The zero-order valence-corrected chi connectivity index (χ0v) is 11.9. The van der Waals surface area contributed by atoms with Crippen molar-refractivity contribution in [2.24, 2.45) is 5.92 Å². The van der Waals surface area contributed by atoms with E-state index in [1.165, 1.54) is 12.8 Å². The largest absolute Gasteiger partial charge is 0.332 e. The second-order valence-corrected chi connectivity index (χ2v) is 5.96. The van der Waals surface area contributed by atoms with Crippen molar-refractivity contribution in [1.29, 1.82) is 0 Å². The molecule has 0 spiro atoms. The van der Waals surface area contributed by atoms with Gasteiger partial charge >= 0.3 is 0 Å². The number of hydrogen-bond donors (Lipinski definition) is 1. The van der Waals surface area contributed by atoms with Crippen molar-refractivity contribution in [3.05, 3.63) is 39.4 Å². The normalized spacial score (nSPS) is 23.6. The fraction of sp³-hybridized carbons (Fsp3) is 0.467. The fourth-order valence-corrected chi connectivity index (χ4v) is 3.49. The van der Waals surface area contributed by atoms with Crippen LogP contribution in [0.15, 0.2) is 29.1 Å². The number of hydrogen-bond acceptors (Lipinski definition) is 2. The van der Waals surface area contributed by atoms with Crippen LogP contribution in [0.3, 0.4) is 0 Å². The van der Waals surface area contributed by atoms with Crippen LogP contribution >= 0.6 is 12.2 Å². The third-order valence-corrected chi connectivity index (χ3v) is 4.41. The number of benzene rings is 1. The van der Waals surface area contributed by atoms with Gasteiger partial charge in [-0.25, -0.2) is 0 Å². The Hall–Kier alpha value is -1.42. The van der Waals surface area contributed by atoms with Crippen LogP contribution in [0.4, 0.5) is 0 Å². The Morgan fingerprint density at radius 2 is 2.11 bits per heavy atom. The van der Waals surface area contributed by atoms with Crippen LogP contribution in [0, 0.1) is 10.7 Å². The van der Waals surface area contributed by atoms with Gasteiger partial charge in [0, 0.05) is 6.04 Å². The monoisotopic (exact) mass is 274 g/mol. The lowest BCUT2D eigenvalue weighted by atomic mass is 9.87. The Kier molecular flexibility index (Phi) is 3.27. The number of aromatic nitrogens is 2. The summed E-state index contributed by atoms with van der Waals surface area (Å²) in [5.41, 5.74) is 0.885. The van der Waals surface area contributed by atoms with Gasteiger partial charge in [0.05, 0.1) is 10.9 Å². The maximum Gasteiger partial charge on any atom is 0.262 e. The van der Waals surface area contributed by atoms with Crippen molar-refractivity contribution in [2.45, 2.75) is 38.6 Å². The lowest BCUT2D eigenvalue weighted by molar-refractivity contribution is 0.275. The van der Waals surface area contributed by atoms with Gasteiger partial charge in [0.15, 0.2) is 4.77 Å². The van der Waals surface area contributed by atoms with E-state index in [1.54, 1.807) is 4.57 Å². The highest BCUT2D eigenvalue weighted by Crippen LogP contribution is 2.31. The van der Waals surface area contributed by atoms with Crippen LogP contribution in [0.25, 0.3) is 10.9 Å². The molecule has 100 valence electrons. The number of H-pyrrole nitrogens is 1. The van der Waals surface area contributed by atoms with E-state index in [2.05, 4.69) is 11.9 Å². The molecule has 1 aliphatic carbocycles. The number of fused-ring (bicyclic) bond motifs is 1. The molecule has 3 rings (SSSR count). The van der Waals surface area contributed by atoms with E-state index in [4.69, 9.17) is 12.2 Å². The first-order valence-corrected chi connectivity index (χ1v) is 7.31. The SMILES string of the molecule is CC1CCCC(n2c(=S)[nH]c3ccccc3c2=O)C1. The van der Waals surface area contributed by atoms with Gasteiger partial charge in [-0.15, -0.1) is 0 Å². The zero-order chi connectivity index (χ0) is 13.4. The molecule has 2 aromatic rings. The second kappa shape index (κ2) is 4.93. The molecule has 4 heteroatoms. The first-order valence-electron chi connectivity index (χ1n) is 6.90. The molecule has 1 fully saturated rings. The Bertz CT molecular complexity index is 716. The van der Waals surface area contributed by atoms with Gasteiger partial charge in [0.25, 0.3) is 5.56 Å². The summed E-state index contributed by atoms with van der Waals surface area (Å²) in [5.74, 6) is 0.673. The van der Waals surface area contributed by atoms with Crippen molar-refractivity contribution >= 4 is 23.1 Å². The van der Waals surface area contributed by atoms with Gasteiger partial charge in [0.2, 0.25) is 0 Å². The van der Waals surface area contributed by atoms with Gasteiger partial charge in [-0.1, -0.05) is 31.9 Å². The molecule has 1 N–H and O–H groups in total. The summed E-state index contributed by atoms with van der Waals surface area (Å²) in [6, 6.07) is 7.84. The Labute approximate surface area is 117 Å². The van der Waals surface area contributed by atoms with Crippen LogP contribution in [0.2, 0.25) is 0 Å². The minimum Gasteiger partial charge on any atom is -0.332 e. The van der Waals surface area contributed by atoms with Gasteiger partial charge in [-0.05, 0) is 43.1 Å². The standard InChI is InChI=1S/C15H18N2OS/c1-10-5-4-6-11(9-10)17-14(18)12-7-2-3-8-13(12)16-15(17)19/h2-3,7-8,10-11H,4-6,9H2,1H3,(H,16,19). The quantitative estimate of drug-likeness (QED) is 0.803. The predicted octanol–water partition coefficient (Wildman–Crippen LogP) is 3.81. The minimum atomic E-state index is 0.0541. The van der Waals surface area contributed by atoms with E-state index < -0.39 is 0 Å². The molecule has 1 saturated carbocycles. The maximum atomic E-state index is 12.6. The van der Waals surface area contributed by atoms with Gasteiger partial charge in [0.1, 0.15) is 0 Å². The van der Waals surface area contributed by atoms with E-state index in [0.29, 0.717) is 10.7 Å². The first kappa shape index (κ1) is 12.6. The van der Waals surface area contributed by atoms with Crippen molar-refractivity contribution in [3.8, 4) is 0 Å². The summed E-state index contributed by atoms with van der Waals surface area (Å²) in [6.45, 7) is 2.25. The summed E-state index contributed by atoms with van der Waals surface area (Å²) in [7, 11) is 0. The number of para-hydroxylation sites is 1. The number of nitrogens with zero attached hydrogens (tertiary/aromatic N) is 1. The molecule has 2 unspecified atom stereocenters.